The van der Waals surface area contributed by atoms with Gasteiger partial charge < -0.3 is 15.4 Å². The molecule has 2 rings (SSSR count). The Labute approximate surface area is 152 Å². The number of hydrogen-bond donors (Lipinski definition) is 2. The molecule has 1 heterocycles. The topological polar surface area (TPSA) is 50.4 Å². The molecule has 0 bridgehead atoms. The van der Waals surface area contributed by atoms with E-state index in [1.165, 1.54) is 12.8 Å². The Morgan fingerprint density at radius 3 is 2.62 bits per heavy atom. The van der Waals surface area contributed by atoms with Gasteiger partial charge in [-0.15, -0.1) is 12.4 Å². The van der Waals surface area contributed by atoms with Crippen molar-refractivity contribution in [3.05, 3.63) is 29.8 Å². The molecule has 4 nitrogen and oxygen atoms in total. The number of hydrogen-bond acceptors (Lipinski definition) is 3. The quantitative estimate of drug-likeness (QED) is 0.784. The molecule has 0 radical (unpaired) electrons. The van der Waals surface area contributed by atoms with Crippen LogP contribution in [0.1, 0.15) is 51.1 Å². The highest BCUT2D eigenvalue weighted by molar-refractivity contribution is 5.85. The van der Waals surface area contributed by atoms with E-state index in [1.807, 2.05) is 24.3 Å². The molecular weight excluding hydrogens is 324 g/mol. The zero-order chi connectivity index (χ0) is 16.7. The summed E-state index contributed by atoms with van der Waals surface area (Å²) in [5.74, 6) is 2.05. The van der Waals surface area contributed by atoms with Gasteiger partial charge in [0.15, 0.2) is 0 Å². The number of halogens is 1. The molecule has 1 fully saturated rings. The van der Waals surface area contributed by atoms with Crippen molar-refractivity contribution in [1.29, 1.82) is 0 Å². The van der Waals surface area contributed by atoms with Crippen LogP contribution in [-0.4, -0.2) is 26.1 Å². The fourth-order valence-electron chi connectivity index (χ4n) is 3.33. The number of piperidine rings is 1. The van der Waals surface area contributed by atoms with Crippen LogP contribution in [0.3, 0.4) is 0 Å². The minimum absolute atomic E-state index is 0. The van der Waals surface area contributed by atoms with Crippen LogP contribution in [0.4, 0.5) is 0 Å². The van der Waals surface area contributed by atoms with E-state index in [-0.39, 0.29) is 24.4 Å². The third-order valence-corrected chi connectivity index (χ3v) is 4.91. The lowest BCUT2D eigenvalue weighted by atomic mass is 9.85. The Balaban J connectivity index is 0.00000288. The summed E-state index contributed by atoms with van der Waals surface area (Å²) >= 11 is 0. The van der Waals surface area contributed by atoms with Crippen LogP contribution >= 0.6 is 12.4 Å². The van der Waals surface area contributed by atoms with E-state index in [4.69, 9.17) is 4.74 Å². The highest BCUT2D eigenvalue weighted by atomic mass is 35.5. The number of carbonyl (C=O) groups is 1. The number of ether oxygens (including phenoxy) is 1. The summed E-state index contributed by atoms with van der Waals surface area (Å²) in [6.45, 7) is 6.46. The van der Waals surface area contributed by atoms with E-state index in [9.17, 15) is 4.79 Å². The van der Waals surface area contributed by atoms with Crippen LogP contribution < -0.4 is 15.4 Å². The van der Waals surface area contributed by atoms with Gasteiger partial charge in [-0.05, 0) is 61.9 Å². The standard InChI is InChI=1S/C19H30N2O2.ClH/c1-4-18(15-7-9-17(23-3)10-8-15)21-19(22)12-14(2)16-6-5-11-20-13-16;/h7-10,14,16,18,20H,4-6,11-13H2,1-3H3,(H,21,22);1H. The summed E-state index contributed by atoms with van der Waals surface area (Å²) in [6.07, 6.45) is 3.95. The van der Waals surface area contributed by atoms with Crippen LogP contribution in [0.15, 0.2) is 24.3 Å². The molecule has 136 valence electrons. The van der Waals surface area contributed by atoms with Gasteiger partial charge in [-0.25, -0.2) is 0 Å². The lowest BCUT2D eigenvalue weighted by Gasteiger charge is -2.28. The smallest absolute Gasteiger partial charge is 0.220 e. The Morgan fingerprint density at radius 2 is 2.08 bits per heavy atom. The predicted molar refractivity (Wildman–Crippen MR) is 101 cm³/mol. The average molecular weight is 355 g/mol. The third kappa shape index (κ3) is 5.99. The molecule has 1 aromatic rings. The van der Waals surface area contributed by atoms with Crippen LogP contribution in [0.2, 0.25) is 0 Å². The zero-order valence-corrected chi connectivity index (χ0v) is 15.8. The first kappa shape index (κ1) is 20.8. The molecule has 0 aromatic heterocycles. The maximum atomic E-state index is 12.4. The van der Waals surface area contributed by atoms with Gasteiger partial charge in [0.2, 0.25) is 5.91 Å². The van der Waals surface area contributed by atoms with Crippen molar-refractivity contribution in [3.63, 3.8) is 0 Å². The van der Waals surface area contributed by atoms with Crippen LogP contribution in [-0.2, 0) is 4.79 Å². The minimum Gasteiger partial charge on any atom is -0.497 e. The van der Waals surface area contributed by atoms with Crippen molar-refractivity contribution < 1.29 is 9.53 Å². The first-order valence-electron chi connectivity index (χ1n) is 8.78. The zero-order valence-electron chi connectivity index (χ0n) is 15.0. The van der Waals surface area contributed by atoms with E-state index < -0.39 is 0 Å². The summed E-state index contributed by atoms with van der Waals surface area (Å²) in [5.41, 5.74) is 1.13. The third-order valence-electron chi connectivity index (χ3n) is 4.91. The molecule has 3 atom stereocenters. The molecule has 1 saturated heterocycles. The molecule has 5 heteroatoms. The molecule has 1 aliphatic heterocycles. The maximum absolute atomic E-state index is 12.4. The Hall–Kier alpha value is -1.26. The number of rotatable bonds is 7. The van der Waals surface area contributed by atoms with Gasteiger partial charge >= 0.3 is 0 Å². The summed E-state index contributed by atoms with van der Waals surface area (Å²) < 4.78 is 5.19. The van der Waals surface area contributed by atoms with E-state index in [2.05, 4.69) is 24.5 Å². The summed E-state index contributed by atoms with van der Waals surface area (Å²) in [4.78, 5) is 12.4. The highest BCUT2D eigenvalue weighted by Gasteiger charge is 2.23. The molecular formula is C19H31ClN2O2. The molecule has 1 aromatic carbocycles. The monoisotopic (exact) mass is 354 g/mol. The minimum atomic E-state index is 0. The molecule has 0 aliphatic carbocycles. The van der Waals surface area contributed by atoms with E-state index >= 15 is 0 Å². The molecule has 0 saturated carbocycles. The van der Waals surface area contributed by atoms with Gasteiger partial charge in [0, 0.05) is 6.42 Å². The first-order valence-corrected chi connectivity index (χ1v) is 8.78. The van der Waals surface area contributed by atoms with Crippen molar-refractivity contribution in [3.8, 4) is 5.75 Å². The van der Waals surface area contributed by atoms with Gasteiger partial charge in [0.1, 0.15) is 5.75 Å². The normalized spacial score (nSPS) is 19.7. The molecule has 1 aliphatic rings. The summed E-state index contributed by atoms with van der Waals surface area (Å²) in [6, 6.07) is 8.02. The van der Waals surface area contributed by atoms with Crippen molar-refractivity contribution in [1.82, 2.24) is 10.6 Å². The Morgan fingerprint density at radius 1 is 1.38 bits per heavy atom. The Bertz CT molecular complexity index is 487. The van der Waals surface area contributed by atoms with E-state index in [0.29, 0.717) is 18.3 Å². The largest absolute Gasteiger partial charge is 0.497 e. The lowest BCUT2D eigenvalue weighted by Crippen LogP contribution is -2.36. The number of carbonyl (C=O) groups excluding carboxylic acids is 1. The predicted octanol–water partition coefficient (Wildman–Crippen LogP) is 3.71. The second kappa shape index (κ2) is 10.6. The molecule has 24 heavy (non-hydrogen) atoms. The number of amides is 1. The second-order valence-corrected chi connectivity index (χ2v) is 6.59. The van der Waals surface area contributed by atoms with E-state index in [0.717, 1.165) is 30.8 Å². The fourth-order valence-corrected chi connectivity index (χ4v) is 3.33. The Kier molecular flexibility index (Phi) is 9.16. The van der Waals surface area contributed by atoms with Crippen LogP contribution in [0, 0.1) is 11.8 Å². The summed E-state index contributed by atoms with van der Waals surface area (Å²) in [5, 5.41) is 6.62. The highest BCUT2D eigenvalue weighted by Crippen LogP contribution is 2.24. The fraction of sp³-hybridized carbons (Fsp3) is 0.632. The molecule has 3 unspecified atom stereocenters. The SMILES string of the molecule is CCC(NC(=O)CC(C)C1CCCNC1)c1ccc(OC)cc1.Cl. The van der Waals surface area contributed by atoms with Crippen molar-refractivity contribution in [2.75, 3.05) is 20.2 Å². The average Bonchev–Trinajstić information content (AvgIpc) is 2.60. The van der Waals surface area contributed by atoms with Crippen LogP contribution in [0.25, 0.3) is 0 Å². The first-order chi connectivity index (χ1) is 11.1. The molecule has 0 spiro atoms. The summed E-state index contributed by atoms with van der Waals surface area (Å²) in [7, 11) is 1.66. The lowest BCUT2D eigenvalue weighted by molar-refractivity contribution is -0.123. The van der Waals surface area contributed by atoms with Gasteiger partial charge in [-0.2, -0.15) is 0 Å². The molecule has 1 amide bonds. The number of nitrogens with one attached hydrogen (secondary N) is 2. The van der Waals surface area contributed by atoms with Gasteiger partial charge in [0.05, 0.1) is 13.2 Å². The van der Waals surface area contributed by atoms with E-state index in [1.54, 1.807) is 7.11 Å². The number of methoxy groups -OCH3 is 1. The van der Waals surface area contributed by atoms with Gasteiger partial charge in [-0.3, -0.25) is 4.79 Å². The van der Waals surface area contributed by atoms with Gasteiger partial charge in [0.25, 0.3) is 0 Å². The second-order valence-electron chi connectivity index (χ2n) is 6.59. The van der Waals surface area contributed by atoms with Crippen LogP contribution in [0.5, 0.6) is 5.75 Å². The van der Waals surface area contributed by atoms with Crippen molar-refractivity contribution in [2.24, 2.45) is 11.8 Å². The molecule has 2 N–H and O–H groups in total. The van der Waals surface area contributed by atoms with Crippen molar-refractivity contribution >= 4 is 18.3 Å². The van der Waals surface area contributed by atoms with Gasteiger partial charge in [-0.1, -0.05) is 26.0 Å². The number of benzene rings is 1. The maximum Gasteiger partial charge on any atom is 0.220 e. The van der Waals surface area contributed by atoms with Crippen molar-refractivity contribution in [2.45, 2.75) is 45.6 Å².